The fourth-order valence-corrected chi connectivity index (χ4v) is 2.88. The summed E-state index contributed by atoms with van der Waals surface area (Å²) in [6.07, 6.45) is -0.839. The van der Waals surface area contributed by atoms with Gasteiger partial charge < -0.3 is 5.11 Å². The molecule has 100 valence electrons. The molecule has 0 aliphatic rings. The minimum atomic E-state index is -0.839. The smallest absolute Gasteiger partial charge is 0.123 e. The van der Waals surface area contributed by atoms with Crippen molar-refractivity contribution in [2.75, 3.05) is 0 Å². The second-order valence-corrected chi connectivity index (χ2v) is 5.81. The van der Waals surface area contributed by atoms with Gasteiger partial charge in [-0.05, 0) is 60.9 Å². The fourth-order valence-electron chi connectivity index (χ4n) is 2.23. The SMILES string of the molecule is Cc1cc(F)cc(C)c1C(O)c1cc(Cl)ccc1Br. The van der Waals surface area contributed by atoms with Crippen molar-refractivity contribution in [3.8, 4) is 0 Å². The maximum Gasteiger partial charge on any atom is 0.123 e. The van der Waals surface area contributed by atoms with E-state index in [-0.39, 0.29) is 5.82 Å². The summed E-state index contributed by atoms with van der Waals surface area (Å²) in [7, 11) is 0. The summed E-state index contributed by atoms with van der Waals surface area (Å²) in [6.45, 7) is 3.57. The Bertz CT molecular complexity index is 605. The van der Waals surface area contributed by atoms with Crippen LogP contribution < -0.4 is 0 Å². The van der Waals surface area contributed by atoms with Crippen molar-refractivity contribution in [1.29, 1.82) is 0 Å². The molecule has 0 fully saturated rings. The summed E-state index contributed by atoms with van der Waals surface area (Å²) >= 11 is 9.36. The first-order valence-electron chi connectivity index (χ1n) is 5.80. The highest BCUT2D eigenvalue weighted by Gasteiger charge is 2.19. The van der Waals surface area contributed by atoms with E-state index < -0.39 is 6.10 Å². The second kappa shape index (κ2) is 5.61. The number of aliphatic hydroxyl groups excluding tert-OH is 1. The zero-order chi connectivity index (χ0) is 14.2. The Kier molecular flexibility index (Phi) is 4.29. The van der Waals surface area contributed by atoms with Crippen LogP contribution in [-0.4, -0.2) is 5.11 Å². The van der Waals surface area contributed by atoms with Crippen LogP contribution in [0.15, 0.2) is 34.8 Å². The summed E-state index contributed by atoms with van der Waals surface area (Å²) in [5, 5.41) is 11.1. The van der Waals surface area contributed by atoms with Crippen LogP contribution in [0.25, 0.3) is 0 Å². The monoisotopic (exact) mass is 342 g/mol. The van der Waals surface area contributed by atoms with E-state index in [2.05, 4.69) is 15.9 Å². The van der Waals surface area contributed by atoms with Gasteiger partial charge in [-0.1, -0.05) is 27.5 Å². The van der Waals surface area contributed by atoms with Gasteiger partial charge in [0.1, 0.15) is 11.9 Å². The molecule has 0 bridgehead atoms. The summed E-state index contributed by atoms with van der Waals surface area (Å²) in [4.78, 5) is 0. The van der Waals surface area contributed by atoms with Crippen molar-refractivity contribution in [1.82, 2.24) is 0 Å². The molecule has 0 heterocycles. The zero-order valence-corrected chi connectivity index (χ0v) is 12.9. The van der Waals surface area contributed by atoms with Gasteiger partial charge in [0.25, 0.3) is 0 Å². The summed E-state index contributed by atoms with van der Waals surface area (Å²) in [5.41, 5.74) is 2.82. The largest absolute Gasteiger partial charge is 0.384 e. The van der Waals surface area contributed by atoms with E-state index in [4.69, 9.17) is 11.6 Å². The van der Waals surface area contributed by atoms with Crippen LogP contribution in [0.5, 0.6) is 0 Å². The minimum Gasteiger partial charge on any atom is -0.384 e. The molecular formula is C15H13BrClFO. The lowest BCUT2D eigenvalue weighted by Crippen LogP contribution is -2.06. The predicted octanol–water partition coefficient (Wildman–Crippen LogP) is 4.94. The van der Waals surface area contributed by atoms with Gasteiger partial charge in [-0.25, -0.2) is 4.39 Å². The molecule has 4 heteroatoms. The topological polar surface area (TPSA) is 20.2 Å². The molecule has 2 aromatic carbocycles. The van der Waals surface area contributed by atoms with Gasteiger partial charge in [0.05, 0.1) is 0 Å². The van der Waals surface area contributed by atoms with Crippen LogP contribution in [0, 0.1) is 19.7 Å². The average Bonchev–Trinajstić information content (AvgIpc) is 2.30. The van der Waals surface area contributed by atoms with Gasteiger partial charge in [-0.3, -0.25) is 0 Å². The van der Waals surface area contributed by atoms with Crippen LogP contribution in [0.2, 0.25) is 5.02 Å². The number of hydrogen-bond donors (Lipinski definition) is 1. The molecule has 0 radical (unpaired) electrons. The lowest BCUT2D eigenvalue weighted by Gasteiger charge is -2.18. The quantitative estimate of drug-likeness (QED) is 0.819. The van der Waals surface area contributed by atoms with Crippen molar-refractivity contribution in [2.45, 2.75) is 20.0 Å². The number of aliphatic hydroxyl groups is 1. The highest BCUT2D eigenvalue weighted by Crippen LogP contribution is 2.34. The number of hydrogen-bond acceptors (Lipinski definition) is 1. The Morgan fingerprint density at radius 3 is 2.32 bits per heavy atom. The molecule has 1 unspecified atom stereocenters. The number of rotatable bonds is 2. The Hall–Kier alpha value is -0.900. The van der Waals surface area contributed by atoms with Crippen LogP contribution >= 0.6 is 27.5 Å². The molecule has 19 heavy (non-hydrogen) atoms. The molecule has 0 spiro atoms. The Morgan fingerprint density at radius 2 is 1.74 bits per heavy atom. The summed E-state index contributed by atoms with van der Waals surface area (Å²) in [5.74, 6) is -0.295. The maximum absolute atomic E-state index is 13.3. The van der Waals surface area contributed by atoms with Crippen LogP contribution in [0.3, 0.4) is 0 Å². The summed E-state index contributed by atoms with van der Waals surface area (Å²) in [6, 6.07) is 8.08. The number of halogens is 3. The first-order chi connectivity index (χ1) is 8.90. The van der Waals surface area contributed by atoms with Gasteiger partial charge in [0.15, 0.2) is 0 Å². The molecule has 0 aliphatic carbocycles. The number of aryl methyl sites for hydroxylation is 2. The van der Waals surface area contributed by atoms with Crippen molar-refractivity contribution >= 4 is 27.5 Å². The van der Waals surface area contributed by atoms with Gasteiger partial charge in [-0.2, -0.15) is 0 Å². The van der Waals surface area contributed by atoms with Gasteiger partial charge in [0, 0.05) is 15.1 Å². The minimum absolute atomic E-state index is 0.295. The van der Waals surface area contributed by atoms with E-state index in [9.17, 15) is 9.50 Å². The lowest BCUT2D eigenvalue weighted by molar-refractivity contribution is 0.218. The van der Waals surface area contributed by atoms with Crippen molar-refractivity contribution in [2.24, 2.45) is 0 Å². The van der Waals surface area contributed by atoms with E-state index in [1.165, 1.54) is 12.1 Å². The van der Waals surface area contributed by atoms with E-state index in [1.54, 1.807) is 32.0 Å². The van der Waals surface area contributed by atoms with Gasteiger partial charge in [0.2, 0.25) is 0 Å². The van der Waals surface area contributed by atoms with Crippen molar-refractivity contribution in [3.05, 3.63) is 67.9 Å². The van der Waals surface area contributed by atoms with Crippen molar-refractivity contribution in [3.63, 3.8) is 0 Å². The Labute approximate surface area is 125 Å². The predicted molar refractivity (Wildman–Crippen MR) is 79.1 cm³/mol. The Balaban J connectivity index is 2.56. The molecule has 2 aromatic rings. The molecule has 2 rings (SSSR count). The first-order valence-corrected chi connectivity index (χ1v) is 6.97. The van der Waals surface area contributed by atoms with E-state index in [1.807, 2.05) is 0 Å². The third kappa shape index (κ3) is 2.99. The first kappa shape index (κ1) is 14.5. The molecule has 0 saturated carbocycles. The summed E-state index contributed by atoms with van der Waals surface area (Å²) < 4.78 is 14.1. The van der Waals surface area contributed by atoms with Gasteiger partial charge >= 0.3 is 0 Å². The highest BCUT2D eigenvalue weighted by molar-refractivity contribution is 9.10. The molecule has 1 N–H and O–H groups in total. The molecular weight excluding hydrogens is 331 g/mol. The Morgan fingerprint density at radius 1 is 1.16 bits per heavy atom. The number of benzene rings is 2. The third-order valence-electron chi connectivity index (χ3n) is 3.08. The van der Waals surface area contributed by atoms with E-state index >= 15 is 0 Å². The molecule has 1 nitrogen and oxygen atoms in total. The molecule has 1 atom stereocenters. The van der Waals surface area contributed by atoms with E-state index in [0.29, 0.717) is 16.1 Å². The molecule has 0 aliphatic heterocycles. The molecule has 0 amide bonds. The zero-order valence-electron chi connectivity index (χ0n) is 10.5. The maximum atomic E-state index is 13.3. The molecule has 0 saturated heterocycles. The van der Waals surface area contributed by atoms with Gasteiger partial charge in [-0.15, -0.1) is 0 Å². The normalized spacial score (nSPS) is 12.5. The van der Waals surface area contributed by atoms with E-state index in [0.717, 1.165) is 15.6 Å². The highest BCUT2D eigenvalue weighted by atomic mass is 79.9. The van der Waals surface area contributed by atoms with Crippen molar-refractivity contribution < 1.29 is 9.50 Å². The standard InChI is InChI=1S/C15H13BrClFO/c1-8-5-11(18)6-9(2)14(8)15(19)12-7-10(17)3-4-13(12)16/h3-7,15,19H,1-2H3. The lowest BCUT2D eigenvalue weighted by atomic mass is 9.93. The average molecular weight is 344 g/mol. The third-order valence-corrected chi connectivity index (χ3v) is 4.04. The van der Waals surface area contributed by atoms with Crippen LogP contribution in [0.1, 0.15) is 28.4 Å². The second-order valence-electron chi connectivity index (χ2n) is 4.52. The van der Waals surface area contributed by atoms with Crippen LogP contribution in [-0.2, 0) is 0 Å². The van der Waals surface area contributed by atoms with Crippen LogP contribution in [0.4, 0.5) is 4.39 Å². The molecule has 0 aromatic heterocycles. The fraction of sp³-hybridized carbons (Fsp3) is 0.200.